The first-order chi connectivity index (χ1) is 34.8. The van der Waals surface area contributed by atoms with Crippen LogP contribution in [0.4, 0.5) is 0 Å². The first-order valence-corrected chi connectivity index (χ1v) is 27.9. The minimum absolute atomic E-state index is 0.248. The van der Waals surface area contributed by atoms with Crippen molar-refractivity contribution < 1.29 is 89.4 Å². The number of nitrogens with one attached hydrogen (secondary N) is 1. The second-order valence-electron chi connectivity index (χ2n) is 20.4. The average Bonchev–Trinajstić information content (AvgIpc) is 3.37. The largest absolute Gasteiger partial charge is 0.394 e. The molecular formula is C53H99NO18. The Morgan fingerprint density at radius 2 is 0.861 bits per heavy atom. The number of aliphatic hydroxyl groups excluding tert-OH is 11. The molecule has 424 valence electrons. The van der Waals surface area contributed by atoms with Gasteiger partial charge in [-0.05, 0) is 19.3 Å². The monoisotopic (exact) mass is 1040 g/mol. The Bertz CT molecular complexity index is 1380. The molecule has 3 aliphatic rings. The Morgan fingerprint density at radius 1 is 0.486 bits per heavy atom. The highest BCUT2D eigenvalue weighted by atomic mass is 16.8. The number of hydrogen-bond acceptors (Lipinski definition) is 18. The van der Waals surface area contributed by atoms with E-state index >= 15 is 0 Å². The third kappa shape index (κ3) is 23.0. The van der Waals surface area contributed by atoms with Gasteiger partial charge in [0.25, 0.3) is 0 Å². The number of carbonyl (C=O) groups excluding carboxylic acids is 1. The number of ether oxygens (including phenoxy) is 6. The van der Waals surface area contributed by atoms with Gasteiger partial charge in [0, 0.05) is 6.42 Å². The summed E-state index contributed by atoms with van der Waals surface area (Å²) < 4.78 is 34.1. The molecule has 0 aromatic heterocycles. The Hall–Kier alpha value is -1.47. The zero-order valence-corrected chi connectivity index (χ0v) is 43.7. The van der Waals surface area contributed by atoms with Crippen molar-refractivity contribution in [3.8, 4) is 0 Å². The molecule has 0 saturated carbocycles. The van der Waals surface area contributed by atoms with E-state index in [9.17, 15) is 61.0 Å². The van der Waals surface area contributed by atoms with Gasteiger partial charge in [0.2, 0.25) is 5.91 Å². The molecule has 17 unspecified atom stereocenters. The van der Waals surface area contributed by atoms with Crippen LogP contribution in [0.2, 0.25) is 0 Å². The Balaban J connectivity index is 1.48. The van der Waals surface area contributed by atoms with Crippen LogP contribution in [0.15, 0.2) is 12.2 Å². The van der Waals surface area contributed by atoms with E-state index in [0.29, 0.717) is 6.42 Å². The minimum Gasteiger partial charge on any atom is -0.394 e. The van der Waals surface area contributed by atoms with Gasteiger partial charge in [-0.3, -0.25) is 4.79 Å². The van der Waals surface area contributed by atoms with Gasteiger partial charge in [-0.15, -0.1) is 0 Å². The van der Waals surface area contributed by atoms with E-state index in [2.05, 4.69) is 19.2 Å². The van der Waals surface area contributed by atoms with Gasteiger partial charge in [-0.2, -0.15) is 0 Å². The number of amides is 1. The molecule has 3 fully saturated rings. The van der Waals surface area contributed by atoms with Gasteiger partial charge in [-0.25, -0.2) is 0 Å². The molecule has 0 bridgehead atoms. The van der Waals surface area contributed by atoms with E-state index < -0.39 is 124 Å². The van der Waals surface area contributed by atoms with Crippen LogP contribution in [0.25, 0.3) is 0 Å². The smallest absolute Gasteiger partial charge is 0.220 e. The van der Waals surface area contributed by atoms with Crippen LogP contribution in [0.5, 0.6) is 0 Å². The minimum atomic E-state index is -1.97. The molecule has 3 saturated heterocycles. The van der Waals surface area contributed by atoms with Crippen LogP contribution in [-0.2, 0) is 33.2 Å². The SMILES string of the molecule is CCCCCCCC/C=C/C(O)C(COC1OC(CO)C(OC2OC(CO)C(OC3OC(CO)C(O)C(O)C3O)C(O)C2O)C(O)C1O)NC(=O)CCCCCCCCCCCCCCCCCCCCC. The second-order valence-corrected chi connectivity index (χ2v) is 20.4. The lowest BCUT2D eigenvalue weighted by Gasteiger charge is -2.48. The third-order valence-electron chi connectivity index (χ3n) is 14.3. The van der Waals surface area contributed by atoms with Crippen molar-refractivity contribution in [3.05, 3.63) is 12.2 Å². The predicted octanol–water partition coefficient (Wildman–Crippen LogP) is 3.43. The molecule has 19 heteroatoms. The highest BCUT2D eigenvalue weighted by Gasteiger charge is 2.53. The Kier molecular flexibility index (Phi) is 34.3. The van der Waals surface area contributed by atoms with Gasteiger partial charge < -0.3 is 89.9 Å². The predicted molar refractivity (Wildman–Crippen MR) is 268 cm³/mol. The van der Waals surface area contributed by atoms with Crippen molar-refractivity contribution in [2.24, 2.45) is 0 Å². The molecule has 17 atom stereocenters. The maximum Gasteiger partial charge on any atom is 0.220 e. The number of allylic oxidation sites excluding steroid dienone is 1. The Morgan fingerprint density at radius 3 is 1.31 bits per heavy atom. The van der Waals surface area contributed by atoms with Gasteiger partial charge in [0.1, 0.15) is 73.2 Å². The van der Waals surface area contributed by atoms with Crippen LogP contribution < -0.4 is 5.32 Å². The summed E-state index contributed by atoms with van der Waals surface area (Å²) in [6.07, 6.45) is 8.05. The van der Waals surface area contributed by atoms with Crippen LogP contribution in [0.3, 0.4) is 0 Å². The number of aliphatic hydroxyl groups is 11. The maximum atomic E-state index is 13.2. The number of carbonyl (C=O) groups is 1. The highest BCUT2D eigenvalue weighted by molar-refractivity contribution is 5.76. The summed E-state index contributed by atoms with van der Waals surface area (Å²) in [6.45, 7) is 1.66. The van der Waals surface area contributed by atoms with Gasteiger partial charge >= 0.3 is 0 Å². The quantitative estimate of drug-likeness (QED) is 0.0309. The average molecular weight is 1040 g/mol. The van der Waals surface area contributed by atoms with E-state index in [1.54, 1.807) is 6.08 Å². The summed E-state index contributed by atoms with van der Waals surface area (Å²) in [4.78, 5) is 13.2. The first-order valence-electron chi connectivity index (χ1n) is 27.9. The second kappa shape index (κ2) is 38.1. The molecule has 19 nitrogen and oxygen atoms in total. The van der Waals surface area contributed by atoms with E-state index in [0.717, 1.165) is 51.4 Å². The first kappa shape index (κ1) is 64.8. The lowest BCUT2D eigenvalue weighted by molar-refractivity contribution is -0.379. The lowest BCUT2D eigenvalue weighted by Crippen LogP contribution is -2.66. The van der Waals surface area contributed by atoms with E-state index in [4.69, 9.17) is 28.4 Å². The molecule has 0 radical (unpaired) electrons. The normalized spacial score (nSPS) is 32.0. The summed E-state index contributed by atoms with van der Waals surface area (Å²) in [5.41, 5.74) is 0. The molecule has 3 heterocycles. The molecule has 3 rings (SSSR count). The van der Waals surface area contributed by atoms with Gasteiger partial charge in [0.05, 0.1) is 38.6 Å². The standard InChI is InChI=1S/C53H99NO18/c1-3-5-7-9-11-13-14-15-16-17-18-19-20-21-22-23-25-27-29-31-41(59)54-36(37(58)30-28-26-24-12-10-8-6-4-2)35-67-51-47(65)44(62)49(39(33-56)69-51)72-53-48(66)45(63)50(40(34-57)70-53)71-52-46(64)43(61)42(60)38(32-55)68-52/h28,30,36-40,42-53,55-58,60-66H,3-27,29,31-35H2,1-2H3,(H,54,59)/b30-28+. The van der Waals surface area contributed by atoms with Crippen molar-refractivity contribution in [2.75, 3.05) is 26.4 Å². The Labute approximate surface area is 429 Å². The molecule has 72 heavy (non-hydrogen) atoms. The molecule has 0 aromatic rings. The fraction of sp³-hybridized carbons (Fsp3) is 0.943. The third-order valence-corrected chi connectivity index (χ3v) is 14.3. The zero-order chi connectivity index (χ0) is 52.7. The summed E-state index contributed by atoms with van der Waals surface area (Å²) in [5.74, 6) is -0.277. The van der Waals surface area contributed by atoms with Crippen LogP contribution in [-0.4, -0.2) is 193 Å². The van der Waals surface area contributed by atoms with Crippen molar-refractivity contribution >= 4 is 5.91 Å². The van der Waals surface area contributed by atoms with Gasteiger partial charge in [0.15, 0.2) is 18.9 Å². The van der Waals surface area contributed by atoms with Crippen molar-refractivity contribution in [2.45, 2.75) is 291 Å². The van der Waals surface area contributed by atoms with E-state index in [1.807, 2.05) is 6.08 Å². The van der Waals surface area contributed by atoms with Crippen LogP contribution in [0, 0.1) is 0 Å². The summed E-state index contributed by atoms with van der Waals surface area (Å²) >= 11 is 0. The van der Waals surface area contributed by atoms with E-state index in [1.165, 1.54) is 109 Å². The fourth-order valence-corrected chi connectivity index (χ4v) is 9.66. The summed E-state index contributed by atoms with van der Waals surface area (Å²) in [6, 6.07) is -0.964. The van der Waals surface area contributed by atoms with Crippen LogP contribution >= 0.6 is 0 Å². The lowest BCUT2D eigenvalue weighted by atomic mass is 9.96. The molecule has 1 amide bonds. The molecule has 3 aliphatic heterocycles. The van der Waals surface area contributed by atoms with Gasteiger partial charge in [-0.1, -0.05) is 174 Å². The van der Waals surface area contributed by atoms with Crippen molar-refractivity contribution in [1.82, 2.24) is 5.32 Å². The molecule has 12 N–H and O–H groups in total. The zero-order valence-electron chi connectivity index (χ0n) is 43.7. The van der Waals surface area contributed by atoms with E-state index in [-0.39, 0.29) is 18.9 Å². The molecule has 0 aliphatic carbocycles. The van der Waals surface area contributed by atoms with Crippen LogP contribution in [0.1, 0.15) is 187 Å². The van der Waals surface area contributed by atoms with Crippen molar-refractivity contribution in [1.29, 1.82) is 0 Å². The number of rotatable bonds is 40. The topological polar surface area (TPSA) is 307 Å². The molecule has 0 spiro atoms. The fourth-order valence-electron chi connectivity index (χ4n) is 9.66. The maximum absolute atomic E-state index is 13.2. The van der Waals surface area contributed by atoms with Crippen molar-refractivity contribution in [3.63, 3.8) is 0 Å². The summed E-state index contributed by atoms with van der Waals surface area (Å²) in [5, 5.41) is 120. The summed E-state index contributed by atoms with van der Waals surface area (Å²) in [7, 11) is 0. The number of unbranched alkanes of at least 4 members (excludes halogenated alkanes) is 24. The molecular weight excluding hydrogens is 939 g/mol. The molecule has 0 aromatic carbocycles. The highest BCUT2D eigenvalue weighted by Crippen LogP contribution is 2.33. The number of hydrogen-bond donors (Lipinski definition) is 12.